The highest BCUT2D eigenvalue weighted by molar-refractivity contribution is 6.75. The molecular weight excluding hydrogens is 941 g/mol. The zero-order valence-electron chi connectivity index (χ0n) is 51.5. The molecule has 0 heterocycles. The van der Waals surface area contributed by atoms with Crippen molar-refractivity contribution in [2.45, 2.75) is 336 Å². The average Bonchev–Trinajstić information content (AvgIpc) is 3.62. The van der Waals surface area contributed by atoms with Crippen LogP contribution in [0.5, 0.6) is 0 Å². The van der Waals surface area contributed by atoms with Crippen molar-refractivity contribution < 1.29 is 22.1 Å². The molecule has 10 heteroatoms. The molecular formula is C60H122O5Si5. The van der Waals surface area contributed by atoms with Crippen LogP contribution in [0.2, 0.25) is 91.2 Å². The second-order valence-electron chi connectivity index (χ2n) is 28.4. The van der Waals surface area contributed by atoms with E-state index in [2.05, 4.69) is 176 Å². The molecule has 0 radical (unpaired) electrons. The van der Waals surface area contributed by atoms with Crippen LogP contribution >= 0.6 is 0 Å². The molecule has 412 valence electrons. The Morgan fingerprint density at radius 2 is 1.11 bits per heavy atom. The fraction of sp³-hybridized carbons (Fsp3) is 0.933. The molecule has 0 saturated heterocycles. The molecule has 4 unspecified atom stereocenters. The lowest BCUT2D eigenvalue weighted by Gasteiger charge is -2.47. The van der Waals surface area contributed by atoms with E-state index in [9.17, 15) is 0 Å². The van der Waals surface area contributed by atoms with Gasteiger partial charge in [-0.15, -0.1) is 0 Å². The van der Waals surface area contributed by atoms with Crippen molar-refractivity contribution in [3.8, 4) is 0 Å². The van der Waals surface area contributed by atoms with Gasteiger partial charge in [-0.1, -0.05) is 140 Å². The van der Waals surface area contributed by atoms with E-state index in [1.54, 1.807) is 11.1 Å². The van der Waals surface area contributed by atoms with E-state index in [1.165, 1.54) is 87.6 Å². The lowest BCUT2D eigenvalue weighted by atomic mass is 9.60. The van der Waals surface area contributed by atoms with E-state index in [1.807, 2.05) is 0 Å². The summed E-state index contributed by atoms with van der Waals surface area (Å²) < 4.78 is 36.8. The van der Waals surface area contributed by atoms with Gasteiger partial charge in [0, 0.05) is 0 Å². The smallest absolute Gasteiger partial charge is 0.192 e. The van der Waals surface area contributed by atoms with Gasteiger partial charge in [-0.05, 0) is 213 Å². The van der Waals surface area contributed by atoms with Crippen molar-refractivity contribution in [1.29, 1.82) is 0 Å². The van der Waals surface area contributed by atoms with Gasteiger partial charge in [0.05, 0.1) is 29.5 Å². The van der Waals surface area contributed by atoms with Gasteiger partial charge in [-0.25, -0.2) is 0 Å². The fourth-order valence-corrected chi connectivity index (χ4v) is 24.3. The maximum Gasteiger partial charge on any atom is 0.192 e. The topological polar surface area (TPSA) is 46.2 Å². The van der Waals surface area contributed by atoms with Crippen LogP contribution in [-0.2, 0) is 22.1 Å². The molecule has 0 aromatic heterocycles. The Hall–Kier alpha value is 0.364. The molecule has 0 aromatic carbocycles. The predicted molar refractivity (Wildman–Crippen MR) is 321 cm³/mol. The second kappa shape index (κ2) is 25.7. The monoisotopic (exact) mass is 1060 g/mol. The molecule has 0 amide bonds. The van der Waals surface area contributed by atoms with E-state index in [0.29, 0.717) is 23.2 Å². The summed E-state index contributed by atoms with van der Waals surface area (Å²) in [4.78, 5) is 0. The van der Waals surface area contributed by atoms with Crippen molar-refractivity contribution in [2.24, 2.45) is 23.2 Å². The SMILES string of the molecule is CC[Si](C)(CC)OC(C)(C)C(CC[C@H](CCCC(C)(C)O[Si](CC)(CC)CC)C1CCC2C(=CC=C3CC(O[Si](C)(C)C(C)(C)C)C[C@H](O[Si](C)(C)C(C)(C)C)C3)CCC[C@@]21C)O[Si](CC)(CC)CC. The summed E-state index contributed by atoms with van der Waals surface area (Å²) in [6.07, 6.45) is 21.5. The third-order valence-electron chi connectivity index (χ3n) is 20.9. The van der Waals surface area contributed by atoms with Crippen molar-refractivity contribution in [1.82, 2.24) is 0 Å². The number of rotatable bonds is 28. The molecule has 0 aromatic rings. The van der Waals surface area contributed by atoms with Crippen LogP contribution in [0.1, 0.15) is 215 Å². The number of fused-ring (bicyclic) bond motifs is 1. The van der Waals surface area contributed by atoms with E-state index in [4.69, 9.17) is 22.1 Å². The Morgan fingerprint density at radius 3 is 1.57 bits per heavy atom. The molecule has 3 fully saturated rings. The van der Waals surface area contributed by atoms with Crippen LogP contribution in [-0.4, -0.2) is 71.1 Å². The minimum atomic E-state index is -1.95. The highest BCUT2D eigenvalue weighted by Gasteiger charge is 2.52. The maximum atomic E-state index is 7.68. The Bertz CT molecular complexity index is 1590. The standard InChI is InChI=1S/C60H122O5Si5/c1-25-68(24,26-2)65-59(17,18)55(63-69(27-3,28-4)29-5)42-39-50(35-33-43-58(15,16)64-70(30-6,31-7)32-8)54-41-40-53-49(36-34-44-60(53,54)19)38-37-48-45-51(61-66(20,21)56(9,10)11)47-52(46-48)62-67(22,23)57(12,13)14/h37-38,50-55H,25-36,39-47H2,1-24H3/t50-,51+,52?,53?,54?,55?,60-/m0/s1. The maximum absolute atomic E-state index is 7.68. The normalized spacial score (nSPS) is 26.0. The number of hydrogen-bond acceptors (Lipinski definition) is 5. The molecule has 3 rings (SSSR count). The van der Waals surface area contributed by atoms with Crippen LogP contribution in [0, 0.1) is 23.2 Å². The minimum Gasteiger partial charge on any atom is -0.414 e. The van der Waals surface area contributed by atoms with Gasteiger partial charge in [0.15, 0.2) is 41.6 Å². The van der Waals surface area contributed by atoms with Crippen molar-refractivity contribution in [2.75, 3.05) is 0 Å². The molecule has 5 nitrogen and oxygen atoms in total. The first-order valence-electron chi connectivity index (χ1n) is 30.0. The largest absolute Gasteiger partial charge is 0.414 e. The summed E-state index contributed by atoms with van der Waals surface area (Å²) in [6, 6.07) is 9.50. The first-order chi connectivity index (χ1) is 32.1. The Kier molecular flexibility index (Phi) is 23.7. The Balaban J connectivity index is 2.06. The van der Waals surface area contributed by atoms with Gasteiger partial charge in [0.1, 0.15) is 0 Å². The number of allylic oxidation sites excluding steroid dienone is 3. The molecule has 70 heavy (non-hydrogen) atoms. The molecule has 0 spiro atoms. The third kappa shape index (κ3) is 16.7. The molecule has 3 aliphatic rings. The van der Waals surface area contributed by atoms with E-state index in [-0.39, 0.29) is 39.6 Å². The van der Waals surface area contributed by atoms with E-state index >= 15 is 0 Å². The van der Waals surface area contributed by atoms with Crippen molar-refractivity contribution in [3.05, 3.63) is 23.3 Å². The van der Waals surface area contributed by atoms with Crippen LogP contribution < -0.4 is 0 Å². The van der Waals surface area contributed by atoms with Crippen molar-refractivity contribution >= 4 is 41.6 Å². The predicted octanol–water partition coefficient (Wildman–Crippen LogP) is 20.2. The van der Waals surface area contributed by atoms with Crippen LogP contribution in [0.25, 0.3) is 0 Å². The molecule has 0 N–H and O–H groups in total. The lowest BCUT2D eigenvalue weighted by molar-refractivity contribution is -0.0369. The molecule has 3 aliphatic carbocycles. The minimum absolute atomic E-state index is 0.0802. The van der Waals surface area contributed by atoms with E-state index in [0.717, 1.165) is 44.2 Å². The summed E-state index contributed by atoms with van der Waals surface area (Å²) in [7, 11) is -9.37. The third-order valence-corrected chi connectivity index (χ3v) is 43.4. The zero-order valence-corrected chi connectivity index (χ0v) is 56.5. The Labute approximate surface area is 443 Å². The van der Waals surface area contributed by atoms with Crippen LogP contribution in [0.4, 0.5) is 0 Å². The number of hydrogen-bond donors (Lipinski definition) is 0. The Morgan fingerprint density at radius 1 is 0.614 bits per heavy atom. The van der Waals surface area contributed by atoms with E-state index < -0.39 is 41.6 Å². The average molecular weight is 1060 g/mol. The second-order valence-corrected chi connectivity index (χ2v) is 51.8. The van der Waals surface area contributed by atoms with Gasteiger partial charge in [0.25, 0.3) is 0 Å². The summed E-state index contributed by atoms with van der Waals surface area (Å²) in [6.45, 7) is 58.0. The van der Waals surface area contributed by atoms with Crippen molar-refractivity contribution in [3.63, 3.8) is 0 Å². The summed E-state index contributed by atoms with van der Waals surface area (Å²) in [5, 5.41) is 0.369. The molecule has 0 bridgehead atoms. The summed E-state index contributed by atoms with van der Waals surface area (Å²) >= 11 is 0. The molecule has 3 saturated carbocycles. The van der Waals surface area contributed by atoms with Crippen LogP contribution in [0.3, 0.4) is 0 Å². The highest BCUT2D eigenvalue weighted by Crippen LogP contribution is 2.61. The van der Waals surface area contributed by atoms with Gasteiger partial charge in [0.2, 0.25) is 0 Å². The summed E-state index contributed by atoms with van der Waals surface area (Å²) in [5.41, 5.74) is 3.20. The van der Waals surface area contributed by atoms with Gasteiger partial charge in [-0.2, -0.15) is 0 Å². The van der Waals surface area contributed by atoms with Gasteiger partial charge >= 0.3 is 0 Å². The quantitative estimate of drug-likeness (QED) is 0.0731. The lowest BCUT2D eigenvalue weighted by Crippen LogP contribution is -2.54. The fourth-order valence-electron chi connectivity index (χ4n) is 13.2. The molecule has 7 atom stereocenters. The highest BCUT2D eigenvalue weighted by atomic mass is 28.4. The zero-order chi connectivity index (χ0) is 53.4. The first-order valence-corrected chi connectivity index (χ1v) is 43.7. The van der Waals surface area contributed by atoms with Gasteiger partial charge < -0.3 is 22.1 Å². The van der Waals surface area contributed by atoms with Crippen LogP contribution in [0.15, 0.2) is 23.3 Å². The summed E-state index contributed by atoms with van der Waals surface area (Å²) in [5.74, 6) is 2.04. The van der Waals surface area contributed by atoms with Gasteiger partial charge in [-0.3, -0.25) is 0 Å². The molecule has 0 aliphatic heterocycles. The first kappa shape index (κ1) is 64.7.